The Kier molecular flexibility index (Phi) is 3.50. The van der Waals surface area contributed by atoms with Crippen molar-refractivity contribution in [3.05, 3.63) is 70.9 Å². The molecule has 0 aliphatic carbocycles. The highest BCUT2D eigenvalue weighted by Gasteiger charge is 2.17. The molecular formula is C19H16N4O2. The van der Waals surface area contributed by atoms with E-state index in [4.69, 9.17) is 10.5 Å². The van der Waals surface area contributed by atoms with Crippen LogP contribution in [0.2, 0.25) is 0 Å². The number of nitrogens with two attached hydrogens (primary N) is 1. The van der Waals surface area contributed by atoms with Gasteiger partial charge < -0.3 is 20.4 Å². The van der Waals surface area contributed by atoms with E-state index >= 15 is 0 Å². The monoisotopic (exact) mass is 332 g/mol. The van der Waals surface area contributed by atoms with Gasteiger partial charge in [0.25, 0.3) is 5.56 Å². The molecule has 0 aliphatic heterocycles. The van der Waals surface area contributed by atoms with E-state index in [-0.39, 0.29) is 5.56 Å². The Labute approximate surface area is 143 Å². The number of ether oxygens (including phenoxy) is 1. The lowest BCUT2D eigenvalue weighted by Gasteiger charge is -2.11. The number of nitrogen functional groups attached to an aromatic ring is 1. The molecule has 0 saturated carbocycles. The van der Waals surface area contributed by atoms with Crippen molar-refractivity contribution in [1.29, 1.82) is 0 Å². The number of aromatic nitrogens is 3. The van der Waals surface area contributed by atoms with Crippen LogP contribution in [-0.2, 0) is 0 Å². The standard InChI is InChI=1S/C19H16N4O2/c1-11-16-18(21-10-22-19(16)24)17(23-11)14-9-12(20)7-8-15(14)25-13-5-3-2-4-6-13/h2-10,23H,20H2,1H3,(H,21,22,24). The van der Waals surface area contributed by atoms with Crippen LogP contribution in [-0.4, -0.2) is 15.0 Å². The van der Waals surface area contributed by atoms with Gasteiger partial charge in [0.05, 0.1) is 17.4 Å². The zero-order chi connectivity index (χ0) is 17.4. The average Bonchev–Trinajstić information content (AvgIpc) is 2.95. The lowest BCUT2D eigenvalue weighted by molar-refractivity contribution is 0.484. The van der Waals surface area contributed by atoms with E-state index in [1.807, 2.05) is 49.4 Å². The summed E-state index contributed by atoms with van der Waals surface area (Å²) in [6, 6.07) is 14.9. The van der Waals surface area contributed by atoms with E-state index in [0.717, 1.165) is 11.3 Å². The maximum atomic E-state index is 12.1. The number of hydrogen-bond donors (Lipinski definition) is 3. The molecule has 2 aromatic heterocycles. The number of benzene rings is 2. The highest BCUT2D eigenvalue weighted by Crippen LogP contribution is 2.37. The first kappa shape index (κ1) is 15.0. The Morgan fingerprint density at radius 1 is 1.12 bits per heavy atom. The van der Waals surface area contributed by atoms with Crippen LogP contribution in [0.15, 0.2) is 59.7 Å². The van der Waals surface area contributed by atoms with Crippen molar-refractivity contribution in [2.75, 3.05) is 5.73 Å². The van der Waals surface area contributed by atoms with Gasteiger partial charge in [0.1, 0.15) is 17.0 Å². The van der Waals surface area contributed by atoms with Crippen molar-refractivity contribution in [3.63, 3.8) is 0 Å². The molecule has 2 aromatic carbocycles. The highest BCUT2D eigenvalue weighted by molar-refractivity contribution is 5.96. The van der Waals surface area contributed by atoms with Crippen molar-refractivity contribution < 1.29 is 4.74 Å². The molecule has 0 spiro atoms. The third kappa shape index (κ3) is 2.63. The number of aromatic amines is 2. The number of rotatable bonds is 3. The van der Waals surface area contributed by atoms with Crippen molar-refractivity contribution in [2.24, 2.45) is 0 Å². The number of nitrogens with zero attached hydrogens (tertiary/aromatic N) is 1. The van der Waals surface area contributed by atoms with Gasteiger partial charge in [0.2, 0.25) is 0 Å². The third-order valence-corrected chi connectivity index (χ3v) is 4.02. The smallest absolute Gasteiger partial charge is 0.260 e. The summed E-state index contributed by atoms with van der Waals surface area (Å²) in [5, 5.41) is 0.533. The van der Waals surface area contributed by atoms with Gasteiger partial charge in [-0.3, -0.25) is 4.79 Å². The maximum absolute atomic E-state index is 12.1. The van der Waals surface area contributed by atoms with E-state index in [1.54, 1.807) is 6.07 Å². The first-order valence-electron chi connectivity index (χ1n) is 7.82. The molecule has 4 N–H and O–H groups in total. The summed E-state index contributed by atoms with van der Waals surface area (Å²) in [5.41, 5.74) is 9.18. The van der Waals surface area contributed by atoms with Gasteiger partial charge in [-0.15, -0.1) is 0 Å². The molecule has 25 heavy (non-hydrogen) atoms. The first-order valence-corrected chi connectivity index (χ1v) is 7.82. The number of H-pyrrole nitrogens is 2. The van der Waals surface area contributed by atoms with Gasteiger partial charge in [0, 0.05) is 16.9 Å². The fraction of sp³-hybridized carbons (Fsp3) is 0.0526. The molecule has 124 valence electrons. The first-order chi connectivity index (χ1) is 12.1. The molecule has 4 rings (SSSR count). The third-order valence-electron chi connectivity index (χ3n) is 4.02. The summed E-state index contributed by atoms with van der Waals surface area (Å²) in [5.74, 6) is 1.34. The SMILES string of the molecule is Cc1[nH]c(-c2cc(N)ccc2Oc2ccccc2)c2nc[nH]c(=O)c12. The number of nitrogens with one attached hydrogen (secondary N) is 2. The molecule has 0 saturated heterocycles. The van der Waals surface area contributed by atoms with E-state index in [9.17, 15) is 4.79 Å². The van der Waals surface area contributed by atoms with Crippen LogP contribution < -0.4 is 16.0 Å². The number of anilines is 1. The zero-order valence-electron chi connectivity index (χ0n) is 13.5. The molecular weight excluding hydrogens is 316 g/mol. The molecule has 0 unspecified atom stereocenters. The lowest BCUT2D eigenvalue weighted by atomic mass is 10.1. The number of fused-ring (bicyclic) bond motifs is 1. The van der Waals surface area contributed by atoms with E-state index in [0.29, 0.717) is 33.8 Å². The largest absolute Gasteiger partial charge is 0.457 e. The molecule has 0 radical (unpaired) electrons. The van der Waals surface area contributed by atoms with Crippen LogP contribution in [0.25, 0.3) is 22.2 Å². The summed E-state index contributed by atoms with van der Waals surface area (Å²) >= 11 is 0. The number of para-hydroxylation sites is 1. The molecule has 0 fully saturated rings. The van der Waals surface area contributed by atoms with Crippen LogP contribution in [0.1, 0.15) is 5.69 Å². The normalized spacial score (nSPS) is 10.9. The molecule has 6 heteroatoms. The van der Waals surface area contributed by atoms with Gasteiger partial charge in [-0.1, -0.05) is 18.2 Å². The second-order valence-corrected chi connectivity index (χ2v) is 5.75. The minimum atomic E-state index is -0.181. The Balaban J connectivity index is 1.93. The van der Waals surface area contributed by atoms with Gasteiger partial charge >= 0.3 is 0 Å². The Bertz CT molecular complexity index is 1110. The molecule has 0 bridgehead atoms. The molecule has 6 nitrogen and oxygen atoms in total. The topological polar surface area (TPSA) is 96.8 Å². The van der Waals surface area contributed by atoms with Crippen molar-refractivity contribution in [1.82, 2.24) is 15.0 Å². The van der Waals surface area contributed by atoms with Gasteiger partial charge in [-0.2, -0.15) is 0 Å². The molecule has 4 aromatic rings. The van der Waals surface area contributed by atoms with Crippen LogP contribution in [0.3, 0.4) is 0 Å². The predicted octanol–water partition coefficient (Wildman–Crippen LogP) is 3.60. The second kappa shape index (κ2) is 5.83. The van der Waals surface area contributed by atoms with Gasteiger partial charge in [0.15, 0.2) is 0 Å². The van der Waals surface area contributed by atoms with E-state index in [1.165, 1.54) is 6.33 Å². The van der Waals surface area contributed by atoms with Crippen LogP contribution in [0.4, 0.5) is 5.69 Å². The van der Waals surface area contributed by atoms with Gasteiger partial charge in [-0.05, 0) is 37.3 Å². The Morgan fingerprint density at radius 2 is 1.92 bits per heavy atom. The quantitative estimate of drug-likeness (QED) is 0.499. The molecule has 2 heterocycles. The lowest BCUT2D eigenvalue weighted by Crippen LogP contribution is -2.05. The Morgan fingerprint density at radius 3 is 2.72 bits per heavy atom. The van der Waals surface area contributed by atoms with Crippen molar-refractivity contribution in [2.45, 2.75) is 6.92 Å². The average molecular weight is 332 g/mol. The van der Waals surface area contributed by atoms with Crippen LogP contribution in [0.5, 0.6) is 11.5 Å². The van der Waals surface area contributed by atoms with E-state index in [2.05, 4.69) is 15.0 Å². The van der Waals surface area contributed by atoms with Gasteiger partial charge in [-0.25, -0.2) is 4.98 Å². The molecule has 0 aliphatic rings. The zero-order valence-corrected chi connectivity index (χ0v) is 13.5. The second-order valence-electron chi connectivity index (χ2n) is 5.75. The minimum absolute atomic E-state index is 0.181. The fourth-order valence-electron chi connectivity index (χ4n) is 2.89. The van der Waals surface area contributed by atoms with Crippen molar-refractivity contribution >= 4 is 16.6 Å². The predicted molar refractivity (Wildman–Crippen MR) is 97.8 cm³/mol. The summed E-state index contributed by atoms with van der Waals surface area (Å²) in [6.45, 7) is 1.84. The Hall–Kier alpha value is -3.54. The highest BCUT2D eigenvalue weighted by atomic mass is 16.5. The summed E-state index contributed by atoms with van der Waals surface area (Å²) in [6.07, 6.45) is 1.39. The van der Waals surface area contributed by atoms with Crippen LogP contribution in [0, 0.1) is 6.92 Å². The summed E-state index contributed by atoms with van der Waals surface area (Å²) < 4.78 is 6.02. The van der Waals surface area contributed by atoms with E-state index < -0.39 is 0 Å². The minimum Gasteiger partial charge on any atom is -0.457 e. The number of hydrogen-bond acceptors (Lipinski definition) is 4. The summed E-state index contributed by atoms with van der Waals surface area (Å²) in [4.78, 5) is 22.3. The summed E-state index contributed by atoms with van der Waals surface area (Å²) in [7, 11) is 0. The van der Waals surface area contributed by atoms with Crippen molar-refractivity contribution in [3.8, 4) is 22.8 Å². The maximum Gasteiger partial charge on any atom is 0.260 e. The fourth-order valence-corrected chi connectivity index (χ4v) is 2.89. The van der Waals surface area contributed by atoms with Crippen LogP contribution >= 0.6 is 0 Å². The molecule has 0 amide bonds. The number of aryl methyl sites for hydroxylation is 1. The molecule has 0 atom stereocenters.